The Morgan fingerprint density at radius 2 is 1.69 bits per heavy atom. The molecular weight excluding hydrogens is 406 g/mol. The van der Waals surface area contributed by atoms with Gasteiger partial charge in [0, 0.05) is 30.4 Å². The van der Waals surface area contributed by atoms with E-state index in [9.17, 15) is 9.59 Å². The molecule has 0 saturated carbocycles. The van der Waals surface area contributed by atoms with Crippen LogP contribution in [0.25, 0.3) is 11.3 Å². The second kappa shape index (κ2) is 10.9. The molecule has 2 aromatic carbocycles. The number of alkyl carbamates (subject to hydrolysis) is 1. The zero-order valence-corrected chi connectivity index (χ0v) is 18.2. The quantitative estimate of drug-likeness (QED) is 0.500. The van der Waals surface area contributed by atoms with Crippen LogP contribution in [0.5, 0.6) is 0 Å². The minimum absolute atomic E-state index is 0.181. The van der Waals surface area contributed by atoms with Crippen LogP contribution < -0.4 is 16.4 Å². The number of anilines is 1. The number of hydrogen-bond acceptors (Lipinski definition) is 6. The number of aromatic nitrogens is 2. The van der Waals surface area contributed by atoms with Crippen molar-refractivity contribution >= 4 is 17.9 Å². The molecule has 1 heterocycles. The summed E-state index contributed by atoms with van der Waals surface area (Å²) in [6, 6.07) is 16.5. The molecule has 0 unspecified atom stereocenters. The molecule has 8 nitrogen and oxygen atoms in total. The summed E-state index contributed by atoms with van der Waals surface area (Å²) in [7, 11) is 0. The Bertz CT molecular complexity index is 1070. The van der Waals surface area contributed by atoms with Crippen molar-refractivity contribution in [2.45, 2.75) is 26.9 Å². The van der Waals surface area contributed by atoms with E-state index < -0.39 is 6.09 Å². The number of ether oxygens (including phenoxy) is 1. The summed E-state index contributed by atoms with van der Waals surface area (Å²) < 4.78 is 5.11. The molecule has 0 aliphatic carbocycles. The maximum Gasteiger partial charge on any atom is 0.407 e. The lowest BCUT2D eigenvalue weighted by Gasteiger charge is -2.10. The van der Waals surface area contributed by atoms with Crippen LogP contribution in [0.3, 0.4) is 0 Å². The Morgan fingerprint density at radius 3 is 2.34 bits per heavy atom. The Kier molecular flexibility index (Phi) is 7.75. The first-order valence-electron chi connectivity index (χ1n) is 10.4. The fraction of sp³-hybridized carbons (Fsp3) is 0.250. The van der Waals surface area contributed by atoms with Crippen LogP contribution in [0.1, 0.15) is 35.3 Å². The van der Waals surface area contributed by atoms with E-state index in [-0.39, 0.29) is 17.8 Å². The van der Waals surface area contributed by atoms with E-state index in [1.165, 1.54) is 0 Å². The molecule has 1 aromatic heterocycles. The number of nitrogens with two attached hydrogens (primary N) is 1. The van der Waals surface area contributed by atoms with Crippen molar-refractivity contribution in [3.05, 3.63) is 77.5 Å². The summed E-state index contributed by atoms with van der Waals surface area (Å²) in [6.45, 7) is 5.07. The highest BCUT2D eigenvalue weighted by Crippen LogP contribution is 2.17. The van der Waals surface area contributed by atoms with E-state index >= 15 is 0 Å². The van der Waals surface area contributed by atoms with Crippen molar-refractivity contribution in [3.63, 3.8) is 0 Å². The SMILES string of the molecule is CC(C)COC(=O)NCc1cccc(CNC(=O)c2ccc(-c3ccnc(N)n3)cc2)c1. The van der Waals surface area contributed by atoms with Crippen LogP contribution in [-0.2, 0) is 17.8 Å². The fourth-order valence-corrected chi connectivity index (χ4v) is 2.93. The van der Waals surface area contributed by atoms with Crippen molar-refractivity contribution in [2.24, 2.45) is 5.92 Å². The van der Waals surface area contributed by atoms with Crippen LogP contribution in [0.4, 0.5) is 10.7 Å². The number of nitrogens with one attached hydrogen (secondary N) is 2. The highest BCUT2D eigenvalue weighted by atomic mass is 16.5. The third-order valence-corrected chi connectivity index (χ3v) is 4.55. The largest absolute Gasteiger partial charge is 0.449 e. The summed E-state index contributed by atoms with van der Waals surface area (Å²) in [5.41, 5.74) is 9.57. The average Bonchev–Trinajstić information content (AvgIpc) is 2.80. The normalized spacial score (nSPS) is 10.6. The number of nitrogens with zero attached hydrogens (tertiary/aromatic N) is 2. The number of carbonyl (C=O) groups is 2. The molecule has 0 radical (unpaired) electrons. The minimum atomic E-state index is -0.439. The first-order chi connectivity index (χ1) is 15.4. The number of rotatable bonds is 8. The van der Waals surface area contributed by atoms with Gasteiger partial charge in [-0.2, -0.15) is 0 Å². The van der Waals surface area contributed by atoms with Crippen molar-refractivity contribution in [1.29, 1.82) is 0 Å². The van der Waals surface area contributed by atoms with E-state index in [2.05, 4.69) is 20.6 Å². The average molecular weight is 434 g/mol. The number of amides is 2. The Balaban J connectivity index is 1.52. The van der Waals surface area contributed by atoms with Gasteiger partial charge in [0.25, 0.3) is 5.91 Å². The Hall–Kier alpha value is -3.94. The first-order valence-corrected chi connectivity index (χ1v) is 10.4. The molecule has 3 aromatic rings. The maximum absolute atomic E-state index is 12.5. The topological polar surface area (TPSA) is 119 Å². The lowest BCUT2D eigenvalue weighted by molar-refractivity contribution is 0.0951. The van der Waals surface area contributed by atoms with E-state index in [0.717, 1.165) is 16.7 Å². The summed E-state index contributed by atoms with van der Waals surface area (Å²) in [6.07, 6.45) is 1.15. The zero-order valence-electron chi connectivity index (χ0n) is 18.2. The molecule has 0 fully saturated rings. The molecule has 2 amide bonds. The van der Waals surface area contributed by atoms with Gasteiger partial charge >= 0.3 is 6.09 Å². The third kappa shape index (κ3) is 6.80. The van der Waals surface area contributed by atoms with Crippen LogP contribution in [0.15, 0.2) is 60.8 Å². The maximum atomic E-state index is 12.5. The molecule has 0 spiro atoms. The molecule has 8 heteroatoms. The molecule has 166 valence electrons. The summed E-state index contributed by atoms with van der Waals surface area (Å²) >= 11 is 0. The highest BCUT2D eigenvalue weighted by molar-refractivity contribution is 5.94. The zero-order chi connectivity index (χ0) is 22.9. The number of hydrogen-bond donors (Lipinski definition) is 3. The van der Waals surface area contributed by atoms with Crippen molar-refractivity contribution in [3.8, 4) is 11.3 Å². The number of carbonyl (C=O) groups excluding carboxylic acids is 2. The number of nitrogen functional groups attached to an aromatic ring is 1. The molecular formula is C24H27N5O3. The predicted molar refractivity (Wildman–Crippen MR) is 123 cm³/mol. The fourth-order valence-electron chi connectivity index (χ4n) is 2.93. The van der Waals surface area contributed by atoms with Crippen LogP contribution in [-0.4, -0.2) is 28.6 Å². The van der Waals surface area contributed by atoms with E-state index in [4.69, 9.17) is 10.5 Å². The molecule has 0 atom stereocenters. The van der Waals surface area contributed by atoms with Crippen LogP contribution >= 0.6 is 0 Å². The van der Waals surface area contributed by atoms with Crippen molar-refractivity contribution in [2.75, 3.05) is 12.3 Å². The standard InChI is InChI=1S/C24H27N5O3/c1-16(2)15-32-24(31)28-14-18-5-3-4-17(12-18)13-27-22(30)20-8-6-19(7-9-20)21-10-11-26-23(25)29-21/h3-12,16H,13-15H2,1-2H3,(H,27,30)(H,28,31)(H2,25,26,29). The molecule has 32 heavy (non-hydrogen) atoms. The van der Waals surface area contributed by atoms with Crippen molar-refractivity contribution < 1.29 is 14.3 Å². The van der Waals surface area contributed by atoms with Gasteiger partial charge in [-0.05, 0) is 35.2 Å². The molecule has 0 aliphatic rings. The van der Waals surface area contributed by atoms with E-state index in [0.29, 0.717) is 31.0 Å². The van der Waals surface area contributed by atoms with E-state index in [1.54, 1.807) is 24.4 Å². The monoisotopic (exact) mass is 433 g/mol. The van der Waals surface area contributed by atoms with Gasteiger partial charge in [-0.25, -0.2) is 14.8 Å². The second-order valence-corrected chi connectivity index (χ2v) is 7.73. The van der Waals surface area contributed by atoms with Gasteiger partial charge < -0.3 is 21.1 Å². The Morgan fingerprint density at radius 1 is 1.00 bits per heavy atom. The molecule has 0 saturated heterocycles. The minimum Gasteiger partial charge on any atom is -0.449 e. The van der Waals surface area contributed by atoms with Crippen molar-refractivity contribution in [1.82, 2.24) is 20.6 Å². The number of benzene rings is 2. The van der Waals surface area contributed by atoms with Gasteiger partial charge in [-0.1, -0.05) is 50.2 Å². The van der Waals surface area contributed by atoms with Gasteiger partial charge in [0.05, 0.1) is 12.3 Å². The molecule has 0 aliphatic heterocycles. The van der Waals surface area contributed by atoms with Crippen LogP contribution in [0.2, 0.25) is 0 Å². The predicted octanol–water partition coefficient (Wildman–Crippen LogP) is 3.54. The van der Waals surface area contributed by atoms with Gasteiger partial charge in [-0.3, -0.25) is 4.79 Å². The second-order valence-electron chi connectivity index (χ2n) is 7.73. The van der Waals surface area contributed by atoms with E-state index in [1.807, 2.05) is 50.2 Å². The van der Waals surface area contributed by atoms with Crippen LogP contribution in [0, 0.1) is 5.92 Å². The highest BCUT2D eigenvalue weighted by Gasteiger charge is 2.08. The molecule has 0 bridgehead atoms. The Labute approximate surface area is 187 Å². The van der Waals surface area contributed by atoms with Gasteiger partial charge in [0.2, 0.25) is 5.95 Å². The van der Waals surface area contributed by atoms with Gasteiger partial charge in [-0.15, -0.1) is 0 Å². The first kappa shape index (κ1) is 22.7. The summed E-state index contributed by atoms with van der Waals surface area (Å²) in [5.74, 6) is 0.309. The van der Waals surface area contributed by atoms with Gasteiger partial charge in [0.1, 0.15) is 0 Å². The molecule has 4 N–H and O–H groups in total. The lowest BCUT2D eigenvalue weighted by atomic mass is 10.1. The van der Waals surface area contributed by atoms with Gasteiger partial charge in [0.15, 0.2) is 0 Å². The molecule has 3 rings (SSSR count). The third-order valence-electron chi connectivity index (χ3n) is 4.55. The summed E-state index contributed by atoms with van der Waals surface area (Å²) in [4.78, 5) is 32.3. The lowest BCUT2D eigenvalue weighted by Crippen LogP contribution is -2.25. The smallest absolute Gasteiger partial charge is 0.407 e. The summed E-state index contributed by atoms with van der Waals surface area (Å²) in [5, 5.41) is 5.64.